The summed E-state index contributed by atoms with van der Waals surface area (Å²) in [6, 6.07) is 6.12. The molecule has 2 aliphatic rings. The summed E-state index contributed by atoms with van der Waals surface area (Å²) in [5, 5.41) is 10.1. The molecule has 1 saturated carbocycles. The van der Waals surface area contributed by atoms with E-state index in [1.807, 2.05) is 12.1 Å². The predicted octanol–water partition coefficient (Wildman–Crippen LogP) is 5.88. The number of phenolic OH excluding ortho intramolecular Hbond substituents is 1. The second kappa shape index (κ2) is 7.53. The minimum atomic E-state index is 0.537. The van der Waals surface area contributed by atoms with Gasteiger partial charge in [0, 0.05) is 0 Å². The molecule has 1 fully saturated rings. The van der Waals surface area contributed by atoms with Gasteiger partial charge in [0.1, 0.15) is 5.75 Å². The van der Waals surface area contributed by atoms with E-state index in [1.165, 1.54) is 75.3 Å². The highest BCUT2D eigenvalue weighted by Crippen LogP contribution is 2.48. The van der Waals surface area contributed by atoms with Crippen molar-refractivity contribution in [1.29, 1.82) is 0 Å². The molecule has 0 bridgehead atoms. The molecule has 122 valence electrons. The number of phenols is 1. The fourth-order valence-corrected chi connectivity index (χ4v) is 4.94. The van der Waals surface area contributed by atoms with Crippen molar-refractivity contribution < 1.29 is 5.11 Å². The van der Waals surface area contributed by atoms with Crippen molar-refractivity contribution in [3.05, 3.63) is 29.3 Å². The predicted molar refractivity (Wildman–Crippen MR) is 93.2 cm³/mol. The molecule has 3 atom stereocenters. The fraction of sp³-hybridized carbons (Fsp3) is 0.714. The molecule has 1 nitrogen and oxygen atoms in total. The van der Waals surface area contributed by atoms with E-state index in [1.54, 1.807) is 0 Å². The average Bonchev–Trinajstić information content (AvgIpc) is 2.92. The zero-order valence-corrected chi connectivity index (χ0v) is 14.2. The van der Waals surface area contributed by atoms with E-state index >= 15 is 0 Å². The Bertz CT molecular complexity index is 479. The Morgan fingerprint density at radius 2 is 1.82 bits per heavy atom. The first-order chi connectivity index (χ1) is 10.8. The summed E-state index contributed by atoms with van der Waals surface area (Å²) < 4.78 is 0. The molecule has 1 N–H and O–H groups in total. The quantitative estimate of drug-likeness (QED) is 0.623. The first kappa shape index (κ1) is 15.9. The Hall–Kier alpha value is -0.980. The maximum atomic E-state index is 10.1. The fourth-order valence-electron chi connectivity index (χ4n) is 4.94. The molecule has 0 heterocycles. The van der Waals surface area contributed by atoms with E-state index in [-0.39, 0.29) is 0 Å². The summed E-state index contributed by atoms with van der Waals surface area (Å²) in [6.07, 6.45) is 15.1. The standard InChI is InChI=1S/C21H32O/c1-2-3-4-5-6-7-9-16-12-13-18-15-20-17(14-19(16)18)10-8-11-21(20)22/h8,10-11,16,18-19,22H,2-7,9,12-15H2,1H3/t16?,18-,19-/m1/s1. The summed E-state index contributed by atoms with van der Waals surface area (Å²) in [7, 11) is 0. The first-order valence-corrected chi connectivity index (χ1v) is 9.59. The Morgan fingerprint density at radius 3 is 2.68 bits per heavy atom. The third-order valence-electron chi connectivity index (χ3n) is 6.22. The van der Waals surface area contributed by atoms with Crippen molar-refractivity contribution in [2.45, 2.75) is 77.6 Å². The summed E-state index contributed by atoms with van der Waals surface area (Å²) in [6.45, 7) is 2.29. The van der Waals surface area contributed by atoms with Gasteiger partial charge >= 0.3 is 0 Å². The maximum absolute atomic E-state index is 10.1. The van der Waals surface area contributed by atoms with Gasteiger partial charge in [0.25, 0.3) is 0 Å². The van der Waals surface area contributed by atoms with Crippen LogP contribution in [0.5, 0.6) is 5.75 Å². The first-order valence-electron chi connectivity index (χ1n) is 9.59. The van der Waals surface area contributed by atoms with Crippen LogP contribution in [-0.4, -0.2) is 5.11 Å². The Kier molecular flexibility index (Phi) is 5.44. The molecular weight excluding hydrogens is 268 g/mol. The molecule has 1 heteroatoms. The molecule has 2 aliphatic carbocycles. The second-order valence-electron chi connectivity index (χ2n) is 7.64. The topological polar surface area (TPSA) is 20.2 Å². The number of benzene rings is 1. The zero-order valence-electron chi connectivity index (χ0n) is 14.2. The van der Waals surface area contributed by atoms with E-state index in [0.717, 1.165) is 24.2 Å². The SMILES string of the molecule is CCCCCCCCC1CC[C@@H]2Cc3c(O)cccc3C[C@H]12. The van der Waals surface area contributed by atoms with Crippen molar-refractivity contribution in [3.8, 4) is 5.75 Å². The van der Waals surface area contributed by atoms with Crippen molar-refractivity contribution in [2.24, 2.45) is 17.8 Å². The smallest absolute Gasteiger partial charge is 0.119 e. The number of fused-ring (bicyclic) bond motifs is 2. The van der Waals surface area contributed by atoms with Crippen LogP contribution in [0.3, 0.4) is 0 Å². The van der Waals surface area contributed by atoms with Crippen LogP contribution in [0.2, 0.25) is 0 Å². The summed E-state index contributed by atoms with van der Waals surface area (Å²) in [5.41, 5.74) is 2.68. The minimum absolute atomic E-state index is 0.537. The van der Waals surface area contributed by atoms with Gasteiger partial charge in [-0.1, -0.05) is 64.0 Å². The number of aromatic hydroxyl groups is 1. The summed E-state index contributed by atoms with van der Waals surface area (Å²) in [5.74, 6) is 3.22. The number of unbranched alkanes of at least 4 members (excludes halogenated alkanes) is 5. The van der Waals surface area contributed by atoms with E-state index in [9.17, 15) is 5.11 Å². The van der Waals surface area contributed by atoms with Gasteiger partial charge in [-0.3, -0.25) is 0 Å². The Labute approximate surface area is 136 Å². The molecule has 3 rings (SSSR count). The molecule has 1 aromatic carbocycles. The van der Waals surface area contributed by atoms with E-state index in [0.29, 0.717) is 5.75 Å². The third kappa shape index (κ3) is 3.50. The molecular formula is C21H32O. The highest BCUT2D eigenvalue weighted by molar-refractivity contribution is 5.41. The highest BCUT2D eigenvalue weighted by atomic mass is 16.3. The van der Waals surface area contributed by atoms with Crippen molar-refractivity contribution >= 4 is 0 Å². The van der Waals surface area contributed by atoms with Gasteiger partial charge < -0.3 is 5.11 Å². The van der Waals surface area contributed by atoms with Crippen LogP contribution in [0.1, 0.15) is 75.8 Å². The van der Waals surface area contributed by atoms with Crippen molar-refractivity contribution in [2.75, 3.05) is 0 Å². The summed E-state index contributed by atoms with van der Waals surface area (Å²) in [4.78, 5) is 0. The van der Waals surface area contributed by atoms with Crippen LogP contribution >= 0.6 is 0 Å². The van der Waals surface area contributed by atoms with E-state index in [4.69, 9.17) is 0 Å². The van der Waals surface area contributed by atoms with Crippen LogP contribution in [0.15, 0.2) is 18.2 Å². The molecule has 22 heavy (non-hydrogen) atoms. The van der Waals surface area contributed by atoms with Gasteiger partial charge in [-0.15, -0.1) is 0 Å². The number of hydrogen-bond donors (Lipinski definition) is 1. The number of rotatable bonds is 7. The highest BCUT2D eigenvalue weighted by Gasteiger charge is 2.39. The lowest BCUT2D eigenvalue weighted by Crippen LogP contribution is -2.25. The maximum Gasteiger partial charge on any atom is 0.119 e. The molecule has 1 aromatic rings. The molecule has 0 radical (unpaired) electrons. The van der Waals surface area contributed by atoms with Crippen LogP contribution < -0.4 is 0 Å². The van der Waals surface area contributed by atoms with Gasteiger partial charge in [0.15, 0.2) is 0 Å². The largest absolute Gasteiger partial charge is 0.508 e. The Balaban J connectivity index is 1.51. The van der Waals surface area contributed by atoms with Crippen LogP contribution in [-0.2, 0) is 12.8 Å². The van der Waals surface area contributed by atoms with Gasteiger partial charge in [0.2, 0.25) is 0 Å². The Morgan fingerprint density at radius 1 is 1.00 bits per heavy atom. The molecule has 0 aromatic heterocycles. The van der Waals surface area contributed by atoms with Crippen LogP contribution in [0.25, 0.3) is 0 Å². The minimum Gasteiger partial charge on any atom is -0.508 e. The monoisotopic (exact) mass is 300 g/mol. The lowest BCUT2D eigenvalue weighted by molar-refractivity contribution is 0.270. The normalized spacial score (nSPS) is 26.7. The summed E-state index contributed by atoms with van der Waals surface area (Å²) >= 11 is 0. The average molecular weight is 300 g/mol. The lowest BCUT2D eigenvalue weighted by Gasteiger charge is -2.31. The molecule has 0 spiro atoms. The molecule has 0 amide bonds. The van der Waals surface area contributed by atoms with E-state index in [2.05, 4.69) is 13.0 Å². The lowest BCUT2D eigenvalue weighted by atomic mass is 9.73. The third-order valence-corrected chi connectivity index (χ3v) is 6.22. The molecule has 1 unspecified atom stereocenters. The van der Waals surface area contributed by atoms with Crippen LogP contribution in [0.4, 0.5) is 0 Å². The molecule has 0 saturated heterocycles. The van der Waals surface area contributed by atoms with Gasteiger partial charge in [-0.05, 0) is 60.6 Å². The zero-order chi connectivity index (χ0) is 15.4. The van der Waals surface area contributed by atoms with Crippen LogP contribution in [0, 0.1) is 17.8 Å². The van der Waals surface area contributed by atoms with Crippen molar-refractivity contribution in [1.82, 2.24) is 0 Å². The van der Waals surface area contributed by atoms with Gasteiger partial charge in [-0.2, -0.15) is 0 Å². The second-order valence-corrected chi connectivity index (χ2v) is 7.64. The molecule has 0 aliphatic heterocycles. The van der Waals surface area contributed by atoms with Gasteiger partial charge in [0.05, 0.1) is 0 Å². The van der Waals surface area contributed by atoms with Gasteiger partial charge in [-0.25, -0.2) is 0 Å². The van der Waals surface area contributed by atoms with Crippen molar-refractivity contribution in [3.63, 3.8) is 0 Å². The van der Waals surface area contributed by atoms with E-state index < -0.39 is 0 Å². The number of hydrogen-bond acceptors (Lipinski definition) is 1.